The number of aliphatic hydroxyl groups is 1. The van der Waals surface area contributed by atoms with Crippen molar-refractivity contribution in [2.75, 3.05) is 0 Å². The van der Waals surface area contributed by atoms with Gasteiger partial charge in [0.15, 0.2) is 0 Å². The molecule has 0 amide bonds. The molecule has 0 saturated heterocycles. The van der Waals surface area contributed by atoms with Crippen LogP contribution in [-0.2, 0) is 19.3 Å². The molecule has 6 rings (SSSR count). The Hall–Kier alpha value is -3.60. The van der Waals surface area contributed by atoms with Crippen molar-refractivity contribution >= 4 is 5.57 Å². The topological polar surface area (TPSA) is 20.2 Å². The fourth-order valence-corrected chi connectivity index (χ4v) is 8.52. The van der Waals surface area contributed by atoms with Gasteiger partial charge in [0.1, 0.15) is 0 Å². The van der Waals surface area contributed by atoms with Gasteiger partial charge in [0, 0.05) is 11.5 Å². The van der Waals surface area contributed by atoms with Gasteiger partial charge in [0.2, 0.25) is 0 Å². The van der Waals surface area contributed by atoms with Gasteiger partial charge in [-0.2, -0.15) is 0 Å². The summed E-state index contributed by atoms with van der Waals surface area (Å²) in [5.41, 5.74) is 10.5. The molecule has 3 aromatic rings. The van der Waals surface area contributed by atoms with Crippen molar-refractivity contribution in [3.63, 3.8) is 0 Å². The zero-order valence-electron chi connectivity index (χ0n) is 27.8. The van der Waals surface area contributed by atoms with E-state index in [2.05, 4.69) is 104 Å². The number of rotatable bonds is 11. The van der Waals surface area contributed by atoms with E-state index >= 15 is 0 Å². The molecule has 3 aliphatic carbocycles. The highest BCUT2D eigenvalue weighted by Gasteiger charge is 2.31. The van der Waals surface area contributed by atoms with Gasteiger partial charge >= 0.3 is 0 Å². The summed E-state index contributed by atoms with van der Waals surface area (Å²) in [7, 11) is 0. The summed E-state index contributed by atoms with van der Waals surface area (Å²) in [6.45, 7) is 6.99. The van der Waals surface area contributed by atoms with Crippen LogP contribution in [0.25, 0.3) is 5.57 Å². The van der Waals surface area contributed by atoms with Crippen molar-refractivity contribution in [3.8, 4) is 12.3 Å². The van der Waals surface area contributed by atoms with E-state index in [4.69, 9.17) is 13.0 Å². The molecule has 4 unspecified atom stereocenters. The van der Waals surface area contributed by atoms with Gasteiger partial charge < -0.3 is 5.11 Å². The summed E-state index contributed by atoms with van der Waals surface area (Å²) in [5.74, 6) is 5.50. The Morgan fingerprint density at radius 2 is 1.65 bits per heavy atom. The fourth-order valence-electron chi connectivity index (χ4n) is 8.52. The molecule has 1 N–H and O–H groups in total. The van der Waals surface area contributed by atoms with Crippen molar-refractivity contribution in [1.29, 1.82) is 0 Å². The second kappa shape index (κ2) is 15.3. The minimum atomic E-state index is -0.190. The number of hydrogen-bond donors (Lipinski definition) is 1. The second-order valence-corrected chi connectivity index (χ2v) is 14.5. The molecule has 2 fully saturated rings. The molecule has 2 saturated carbocycles. The molecule has 46 heavy (non-hydrogen) atoms. The largest absolute Gasteiger partial charge is 0.393 e. The quantitative estimate of drug-likeness (QED) is 0.170. The summed E-state index contributed by atoms with van der Waals surface area (Å²) in [6, 6.07) is 27.1. The second-order valence-electron chi connectivity index (χ2n) is 14.5. The molecule has 0 aliphatic heterocycles. The predicted molar refractivity (Wildman–Crippen MR) is 195 cm³/mol. The van der Waals surface area contributed by atoms with E-state index in [0.29, 0.717) is 29.6 Å². The van der Waals surface area contributed by atoms with E-state index in [9.17, 15) is 5.11 Å². The Kier molecular flexibility index (Phi) is 10.8. The van der Waals surface area contributed by atoms with Gasteiger partial charge in [0.05, 0.1) is 6.10 Å². The Morgan fingerprint density at radius 1 is 0.891 bits per heavy atom. The van der Waals surface area contributed by atoms with E-state index in [1.54, 1.807) is 0 Å². The van der Waals surface area contributed by atoms with Crippen LogP contribution in [0.1, 0.15) is 104 Å². The van der Waals surface area contributed by atoms with Crippen molar-refractivity contribution < 1.29 is 5.11 Å². The SMILES string of the molecule is C#Cc1ccc(CC2CCC(C(C(=C)CCc3ccccc3)c3ccc(C4=CC(C)C=C4)cc3)CC2)cc1CC1CCCCC1O. The molecule has 4 atom stereocenters. The zero-order valence-corrected chi connectivity index (χ0v) is 27.8. The van der Waals surface area contributed by atoms with Gasteiger partial charge in [-0.3, -0.25) is 0 Å². The highest BCUT2D eigenvalue weighted by molar-refractivity contribution is 5.76. The highest BCUT2D eigenvalue weighted by Crippen LogP contribution is 2.44. The average Bonchev–Trinajstić information content (AvgIpc) is 3.53. The molecule has 0 aromatic heterocycles. The van der Waals surface area contributed by atoms with Gasteiger partial charge in [-0.1, -0.05) is 123 Å². The first-order valence-electron chi connectivity index (χ1n) is 17.9. The highest BCUT2D eigenvalue weighted by atomic mass is 16.3. The van der Waals surface area contributed by atoms with Gasteiger partial charge in [-0.25, -0.2) is 0 Å². The van der Waals surface area contributed by atoms with Crippen LogP contribution in [0.2, 0.25) is 0 Å². The van der Waals surface area contributed by atoms with Crippen molar-refractivity contribution in [2.24, 2.45) is 23.7 Å². The van der Waals surface area contributed by atoms with E-state index in [1.165, 1.54) is 71.1 Å². The minimum Gasteiger partial charge on any atom is -0.393 e. The summed E-state index contributed by atoms with van der Waals surface area (Å²) < 4.78 is 0. The molecule has 1 nitrogen and oxygen atoms in total. The molecule has 0 spiro atoms. The van der Waals surface area contributed by atoms with Gasteiger partial charge in [-0.15, -0.1) is 6.42 Å². The normalized spacial score (nSPS) is 25.1. The van der Waals surface area contributed by atoms with Crippen molar-refractivity contribution in [2.45, 2.75) is 96.0 Å². The monoisotopic (exact) mass is 608 g/mol. The first-order chi connectivity index (χ1) is 22.5. The zero-order chi connectivity index (χ0) is 31.9. The molecular weight excluding hydrogens is 556 g/mol. The Bertz CT molecular complexity index is 1560. The standard InChI is InChI=1S/C45H52O/c1-4-37-21-19-36(30-43(37)31-42-12-8-9-13-44(42)46)29-35-17-22-39(23-18-35)45(33(3)15-16-34-10-6-5-7-11-34)40-26-24-38(25-27-40)41-20-14-32(2)28-41/h1,5-7,10-11,14,19-21,24-28,30,32,35,39,42,44-46H,3,8-9,12-13,15-18,22-23,29,31H2,2H3. The first kappa shape index (κ1) is 32.3. The number of terminal acetylenes is 1. The maximum Gasteiger partial charge on any atom is 0.0571 e. The van der Waals surface area contributed by atoms with Crippen molar-refractivity contribution in [1.82, 2.24) is 0 Å². The summed E-state index contributed by atoms with van der Waals surface area (Å²) in [6.07, 6.45) is 26.1. The smallest absolute Gasteiger partial charge is 0.0571 e. The summed E-state index contributed by atoms with van der Waals surface area (Å²) >= 11 is 0. The average molecular weight is 609 g/mol. The van der Waals surface area contributed by atoms with Crippen LogP contribution < -0.4 is 0 Å². The third kappa shape index (κ3) is 8.03. The van der Waals surface area contributed by atoms with Crippen LogP contribution in [0.4, 0.5) is 0 Å². The Morgan fingerprint density at radius 3 is 2.35 bits per heavy atom. The maximum atomic E-state index is 10.6. The van der Waals surface area contributed by atoms with E-state index in [-0.39, 0.29) is 6.10 Å². The fraction of sp³-hybridized carbons (Fsp3) is 0.422. The predicted octanol–water partition coefficient (Wildman–Crippen LogP) is 10.7. The number of hydrogen-bond acceptors (Lipinski definition) is 1. The van der Waals surface area contributed by atoms with Crippen LogP contribution in [0, 0.1) is 36.0 Å². The van der Waals surface area contributed by atoms with Crippen LogP contribution in [-0.4, -0.2) is 11.2 Å². The van der Waals surface area contributed by atoms with E-state index in [1.807, 2.05) is 0 Å². The lowest BCUT2D eigenvalue weighted by Gasteiger charge is -2.36. The molecule has 238 valence electrons. The molecule has 1 heteroatoms. The number of allylic oxidation sites excluding steroid dienone is 5. The maximum absolute atomic E-state index is 10.6. The molecule has 3 aliphatic rings. The Labute approximate surface area is 278 Å². The number of aliphatic hydroxyl groups excluding tert-OH is 1. The molecule has 0 radical (unpaired) electrons. The van der Waals surface area contributed by atoms with E-state index in [0.717, 1.165) is 50.5 Å². The third-order valence-corrected chi connectivity index (χ3v) is 11.2. The number of aryl methyl sites for hydroxylation is 1. The van der Waals surface area contributed by atoms with Crippen molar-refractivity contribution in [3.05, 3.63) is 137 Å². The van der Waals surface area contributed by atoms with Crippen LogP contribution in [0.15, 0.2) is 103 Å². The summed E-state index contributed by atoms with van der Waals surface area (Å²) in [4.78, 5) is 0. The lowest BCUT2D eigenvalue weighted by atomic mass is 9.69. The Balaban J connectivity index is 1.13. The van der Waals surface area contributed by atoms with Crippen LogP contribution >= 0.6 is 0 Å². The molecular formula is C45H52O. The van der Waals surface area contributed by atoms with Gasteiger partial charge in [-0.05, 0) is 127 Å². The third-order valence-electron chi connectivity index (χ3n) is 11.2. The van der Waals surface area contributed by atoms with Crippen LogP contribution in [0.5, 0.6) is 0 Å². The molecule has 0 heterocycles. The minimum absolute atomic E-state index is 0.190. The first-order valence-corrected chi connectivity index (χ1v) is 17.9. The molecule has 3 aromatic carbocycles. The molecule has 0 bridgehead atoms. The lowest BCUT2D eigenvalue weighted by molar-refractivity contribution is 0.0700. The van der Waals surface area contributed by atoms with Crippen LogP contribution in [0.3, 0.4) is 0 Å². The summed E-state index contributed by atoms with van der Waals surface area (Å²) in [5, 5.41) is 10.6. The lowest BCUT2D eigenvalue weighted by Crippen LogP contribution is -2.26. The van der Waals surface area contributed by atoms with E-state index < -0.39 is 0 Å². The number of benzene rings is 3. The van der Waals surface area contributed by atoms with Gasteiger partial charge in [0.25, 0.3) is 0 Å².